The highest BCUT2D eigenvalue weighted by atomic mass is 16.5. The summed E-state index contributed by atoms with van der Waals surface area (Å²) in [6, 6.07) is 10.4. The number of anilines is 1. The third kappa shape index (κ3) is 4.83. The summed E-state index contributed by atoms with van der Waals surface area (Å²) >= 11 is 0. The lowest BCUT2D eigenvalue weighted by atomic mass is 10.2. The smallest absolute Gasteiger partial charge is 0.274 e. The first-order chi connectivity index (χ1) is 13.2. The molecule has 3 rings (SSSR count). The zero-order valence-corrected chi connectivity index (χ0v) is 15.1. The SMILES string of the molecule is COCCOc1ccc(NC(=O)c2cc(OC)cc(-n3ccnc3)n2)cc1. The third-order valence-electron chi connectivity index (χ3n) is 3.69. The van der Waals surface area contributed by atoms with Gasteiger partial charge in [0.1, 0.15) is 35.9 Å². The molecule has 140 valence electrons. The first-order valence-electron chi connectivity index (χ1n) is 8.27. The van der Waals surface area contributed by atoms with E-state index in [1.165, 1.54) is 7.11 Å². The first kappa shape index (κ1) is 18.4. The Morgan fingerprint density at radius 2 is 1.93 bits per heavy atom. The van der Waals surface area contributed by atoms with Gasteiger partial charge < -0.3 is 19.5 Å². The molecule has 0 spiro atoms. The predicted octanol–water partition coefficient (Wildman–Crippen LogP) is 2.55. The monoisotopic (exact) mass is 368 g/mol. The van der Waals surface area contributed by atoms with Crippen molar-refractivity contribution >= 4 is 11.6 Å². The normalized spacial score (nSPS) is 10.4. The summed E-state index contributed by atoms with van der Waals surface area (Å²) in [6.07, 6.45) is 4.98. The number of hydrogen-bond donors (Lipinski definition) is 1. The minimum atomic E-state index is -0.344. The molecule has 8 nitrogen and oxygen atoms in total. The van der Waals surface area contributed by atoms with Crippen LogP contribution in [0.3, 0.4) is 0 Å². The predicted molar refractivity (Wildman–Crippen MR) is 99.7 cm³/mol. The van der Waals surface area contributed by atoms with Crippen LogP contribution in [0.1, 0.15) is 10.5 Å². The zero-order valence-electron chi connectivity index (χ0n) is 15.1. The van der Waals surface area contributed by atoms with Crippen LogP contribution in [0.4, 0.5) is 5.69 Å². The molecular formula is C19H20N4O4. The Balaban J connectivity index is 1.73. The fourth-order valence-electron chi connectivity index (χ4n) is 2.33. The molecule has 27 heavy (non-hydrogen) atoms. The maximum atomic E-state index is 12.6. The largest absolute Gasteiger partial charge is 0.497 e. The summed E-state index contributed by atoms with van der Waals surface area (Å²) < 4.78 is 17.4. The van der Waals surface area contributed by atoms with E-state index in [-0.39, 0.29) is 11.6 Å². The van der Waals surface area contributed by atoms with Crippen LogP contribution in [0, 0.1) is 0 Å². The molecule has 0 fully saturated rings. The van der Waals surface area contributed by atoms with Gasteiger partial charge in [0.15, 0.2) is 0 Å². The van der Waals surface area contributed by atoms with Crippen molar-refractivity contribution in [2.75, 3.05) is 32.8 Å². The van der Waals surface area contributed by atoms with Gasteiger partial charge in [0.25, 0.3) is 5.91 Å². The van der Waals surface area contributed by atoms with Gasteiger partial charge >= 0.3 is 0 Å². The highest BCUT2D eigenvalue weighted by Gasteiger charge is 2.12. The van der Waals surface area contributed by atoms with Crippen LogP contribution in [0.25, 0.3) is 5.82 Å². The van der Waals surface area contributed by atoms with E-state index in [1.807, 2.05) is 0 Å². The van der Waals surface area contributed by atoms with Gasteiger partial charge in [-0.25, -0.2) is 9.97 Å². The summed E-state index contributed by atoms with van der Waals surface area (Å²) in [5.74, 6) is 1.43. The van der Waals surface area contributed by atoms with E-state index >= 15 is 0 Å². The number of carbonyl (C=O) groups is 1. The van der Waals surface area contributed by atoms with E-state index in [0.29, 0.717) is 36.2 Å². The number of nitrogens with one attached hydrogen (secondary N) is 1. The highest BCUT2D eigenvalue weighted by molar-refractivity contribution is 6.03. The standard InChI is InChI=1S/C19H20N4O4/c1-25-9-10-27-15-5-3-14(4-6-15)21-19(24)17-11-16(26-2)12-18(22-17)23-8-7-20-13-23/h3-8,11-13H,9-10H2,1-2H3,(H,21,24). The average Bonchev–Trinajstić information content (AvgIpc) is 3.24. The fraction of sp³-hybridized carbons (Fsp3) is 0.211. The van der Waals surface area contributed by atoms with E-state index in [9.17, 15) is 4.79 Å². The molecule has 0 atom stereocenters. The molecule has 2 aromatic heterocycles. The number of aromatic nitrogens is 3. The van der Waals surface area contributed by atoms with Gasteiger partial charge in [-0.2, -0.15) is 0 Å². The quantitative estimate of drug-likeness (QED) is 0.615. The van der Waals surface area contributed by atoms with Crippen molar-refractivity contribution in [1.29, 1.82) is 0 Å². The number of imidazole rings is 1. The number of hydrogen-bond acceptors (Lipinski definition) is 6. The van der Waals surface area contributed by atoms with E-state index < -0.39 is 0 Å². The molecule has 2 heterocycles. The summed E-state index contributed by atoms with van der Waals surface area (Å²) in [5.41, 5.74) is 0.867. The summed E-state index contributed by atoms with van der Waals surface area (Å²) in [7, 11) is 3.16. The van der Waals surface area contributed by atoms with Gasteiger partial charge in [0.05, 0.1) is 13.7 Å². The van der Waals surface area contributed by atoms with Gasteiger partial charge in [0.2, 0.25) is 0 Å². The molecule has 3 aromatic rings. The number of carbonyl (C=O) groups excluding carboxylic acids is 1. The molecule has 1 aromatic carbocycles. The van der Waals surface area contributed by atoms with Crippen LogP contribution in [0.5, 0.6) is 11.5 Å². The summed E-state index contributed by atoms with van der Waals surface area (Å²) in [6.45, 7) is 0.978. The van der Waals surface area contributed by atoms with Crippen LogP contribution < -0.4 is 14.8 Å². The molecule has 0 radical (unpaired) electrons. The number of ether oxygens (including phenoxy) is 3. The topological polar surface area (TPSA) is 87.5 Å². The number of rotatable bonds is 8. The van der Waals surface area contributed by atoms with Crippen molar-refractivity contribution in [2.24, 2.45) is 0 Å². The lowest BCUT2D eigenvalue weighted by Crippen LogP contribution is -2.15. The van der Waals surface area contributed by atoms with Crippen molar-refractivity contribution in [3.05, 3.63) is 60.8 Å². The molecule has 8 heteroatoms. The minimum Gasteiger partial charge on any atom is -0.497 e. The van der Waals surface area contributed by atoms with Crippen LogP contribution in [-0.2, 0) is 4.74 Å². The maximum absolute atomic E-state index is 12.6. The number of methoxy groups -OCH3 is 2. The van der Waals surface area contributed by atoms with Gasteiger partial charge in [0, 0.05) is 37.3 Å². The second-order valence-corrected chi connectivity index (χ2v) is 5.54. The van der Waals surface area contributed by atoms with Crippen molar-refractivity contribution in [2.45, 2.75) is 0 Å². The van der Waals surface area contributed by atoms with Crippen LogP contribution in [0.2, 0.25) is 0 Å². The molecule has 0 saturated carbocycles. The van der Waals surface area contributed by atoms with E-state index in [0.717, 1.165) is 0 Å². The van der Waals surface area contributed by atoms with Crippen LogP contribution >= 0.6 is 0 Å². The van der Waals surface area contributed by atoms with Gasteiger partial charge in [-0.15, -0.1) is 0 Å². The van der Waals surface area contributed by atoms with Gasteiger partial charge in [-0.1, -0.05) is 0 Å². The molecule has 0 unspecified atom stereocenters. The van der Waals surface area contributed by atoms with Crippen LogP contribution in [0.15, 0.2) is 55.1 Å². The summed E-state index contributed by atoms with van der Waals surface area (Å²) in [4.78, 5) is 21.0. The lowest BCUT2D eigenvalue weighted by Gasteiger charge is -2.10. The van der Waals surface area contributed by atoms with Crippen molar-refractivity contribution in [1.82, 2.24) is 14.5 Å². The molecule has 0 bridgehead atoms. The molecule has 0 aliphatic rings. The van der Waals surface area contributed by atoms with Crippen molar-refractivity contribution < 1.29 is 19.0 Å². The molecule has 0 aliphatic heterocycles. The molecule has 0 aliphatic carbocycles. The Bertz CT molecular complexity index is 879. The molecule has 0 saturated heterocycles. The summed E-state index contributed by atoms with van der Waals surface area (Å²) in [5, 5.41) is 2.81. The molecule has 1 N–H and O–H groups in total. The second-order valence-electron chi connectivity index (χ2n) is 5.54. The zero-order chi connectivity index (χ0) is 19.1. The fourth-order valence-corrected chi connectivity index (χ4v) is 2.33. The van der Waals surface area contributed by atoms with Gasteiger partial charge in [-0.3, -0.25) is 9.36 Å². The molecule has 1 amide bonds. The maximum Gasteiger partial charge on any atom is 0.274 e. The Hall–Kier alpha value is -3.39. The molecular weight excluding hydrogens is 348 g/mol. The number of amides is 1. The second kappa shape index (κ2) is 8.81. The number of pyridine rings is 1. The van der Waals surface area contributed by atoms with Gasteiger partial charge in [-0.05, 0) is 24.3 Å². The van der Waals surface area contributed by atoms with Crippen molar-refractivity contribution in [3.63, 3.8) is 0 Å². The van der Waals surface area contributed by atoms with Crippen LogP contribution in [-0.4, -0.2) is 47.9 Å². The first-order valence-corrected chi connectivity index (χ1v) is 8.27. The van der Waals surface area contributed by atoms with E-state index in [4.69, 9.17) is 14.2 Å². The van der Waals surface area contributed by atoms with Crippen molar-refractivity contribution in [3.8, 4) is 17.3 Å². The number of nitrogens with zero attached hydrogens (tertiary/aromatic N) is 3. The number of benzene rings is 1. The third-order valence-corrected chi connectivity index (χ3v) is 3.69. The Kier molecular flexibility index (Phi) is 6.01. The lowest BCUT2D eigenvalue weighted by molar-refractivity contribution is 0.102. The Morgan fingerprint density at radius 1 is 1.11 bits per heavy atom. The Morgan fingerprint density at radius 3 is 2.59 bits per heavy atom. The average molecular weight is 368 g/mol. The minimum absolute atomic E-state index is 0.235. The van der Waals surface area contributed by atoms with E-state index in [1.54, 1.807) is 66.8 Å². The Labute approximate surface area is 156 Å². The highest BCUT2D eigenvalue weighted by Crippen LogP contribution is 2.19. The van der Waals surface area contributed by atoms with E-state index in [2.05, 4.69) is 15.3 Å².